The molecule has 5 N–H and O–H groups in total. The maximum atomic E-state index is 9.46. The van der Waals surface area contributed by atoms with Crippen LogP contribution in [0.25, 0.3) is 0 Å². The van der Waals surface area contributed by atoms with Crippen molar-refractivity contribution in [2.45, 2.75) is 12.3 Å². The molecular weight excluding hydrogens is 441 g/mol. The van der Waals surface area contributed by atoms with Crippen LogP contribution in [0, 0.1) is 5.41 Å². The number of halogens is 1. The van der Waals surface area contributed by atoms with Crippen LogP contribution < -0.4 is 16.1 Å². The molecule has 7 nitrogen and oxygen atoms in total. The van der Waals surface area contributed by atoms with Crippen molar-refractivity contribution in [2.75, 3.05) is 31.1 Å². The molecule has 0 spiro atoms. The molecule has 10 heteroatoms. The first kappa shape index (κ1) is 22.7. The third-order valence-electron chi connectivity index (χ3n) is 4.63. The first-order valence-electron chi connectivity index (χ1n) is 8.85. The Morgan fingerprint density at radius 2 is 1.96 bits per heavy atom. The topological polar surface area (TPSA) is 110 Å². The molecule has 1 aliphatic heterocycles. The number of rotatable bonds is 6. The number of nitrogens with one attached hydrogen (secondary N) is 1. The van der Waals surface area contributed by atoms with Crippen LogP contribution >= 0.6 is 28.7 Å². The van der Waals surface area contributed by atoms with Gasteiger partial charge in [0.15, 0.2) is 5.17 Å². The van der Waals surface area contributed by atoms with E-state index >= 15 is 0 Å². The van der Waals surface area contributed by atoms with Gasteiger partial charge in [0.1, 0.15) is 0 Å². The van der Waals surface area contributed by atoms with Crippen molar-refractivity contribution in [1.29, 1.82) is 5.41 Å². The molecule has 2 heterocycles. The summed E-state index contributed by atoms with van der Waals surface area (Å²) in [4.78, 5) is 8.89. The second-order valence-corrected chi connectivity index (χ2v) is 7.56. The largest absolute Gasteiger partial charge is 0.488 e. The highest BCUT2D eigenvalue weighted by Gasteiger charge is 2.21. The van der Waals surface area contributed by atoms with Gasteiger partial charge in [-0.25, -0.2) is 0 Å². The van der Waals surface area contributed by atoms with Gasteiger partial charge in [0, 0.05) is 56.6 Å². The smallest absolute Gasteiger partial charge is 0.423 e. The van der Waals surface area contributed by atoms with Gasteiger partial charge in [-0.1, -0.05) is 30.0 Å². The minimum atomic E-state index is -1.50. The highest BCUT2D eigenvalue weighted by atomic mass is 79.9. The summed E-state index contributed by atoms with van der Waals surface area (Å²) in [6.45, 7) is 4.56. The number of amidine groups is 1. The Morgan fingerprint density at radius 1 is 1.21 bits per heavy atom. The zero-order valence-corrected chi connectivity index (χ0v) is 18.0. The fourth-order valence-corrected chi connectivity index (χ4v) is 3.78. The number of hydrogen-bond acceptors (Lipinski definition) is 7. The molecule has 0 radical (unpaired) electrons. The van der Waals surface area contributed by atoms with Crippen LogP contribution in [0.3, 0.4) is 0 Å². The number of hydrogen-bond donors (Lipinski definition) is 4. The number of thioether (sulfide) groups is 1. The van der Waals surface area contributed by atoms with E-state index in [1.54, 1.807) is 18.3 Å². The van der Waals surface area contributed by atoms with Crippen LogP contribution in [-0.2, 0) is 12.3 Å². The molecule has 1 aromatic heterocycles. The highest BCUT2D eigenvalue weighted by molar-refractivity contribution is 8.93. The summed E-state index contributed by atoms with van der Waals surface area (Å²) in [5.74, 6) is 0.529. The lowest BCUT2D eigenvalue weighted by Crippen LogP contribution is -2.46. The third-order valence-corrected chi connectivity index (χ3v) is 5.39. The van der Waals surface area contributed by atoms with E-state index < -0.39 is 7.12 Å². The standard InChI is InChI=1S/C18H24BN5O2S.BrH/c20-18(21)27-13-15-10-16(19(25)26)3-4-17(15)24-8-6-23(7-9-24)12-14-2-1-5-22-11-14;/h1-5,10-11,25-26H,6-9,12-13H2,(H3,20,21);1H. The minimum absolute atomic E-state index is 0. The summed E-state index contributed by atoms with van der Waals surface area (Å²) < 4.78 is 0. The van der Waals surface area contributed by atoms with E-state index in [-0.39, 0.29) is 22.1 Å². The second kappa shape index (κ2) is 10.8. The number of piperazine rings is 1. The Bertz CT molecular complexity index is 776. The number of benzene rings is 1. The van der Waals surface area contributed by atoms with Gasteiger partial charge in [-0.15, -0.1) is 17.0 Å². The number of anilines is 1. The van der Waals surface area contributed by atoms with Crippen LogP contribution in [0.1, 0.15) is 11.1 Å². The molecule has 0 bridgehead atoms. The van der Waals surface area contributed by atoms with Gasteiger partial charge >= 0.3 is 7.12 Å². The Balaban J connectivity index is 0.00000280. The normalized spacial score (nSPS) is 14.4. The Labute approximate surface area is 180 Å². The summed E-state index contributed by atoms with van der Waals surface area (Å²) in [7, 11) is -1.50. The first-order chi connectivity index (χ1) is 13.0. The molecule has 1 aromatic carbocycles. The molecule has 1 fully saturated rings. The molecule has 0 unspecified atom stereocenters. The fourth-order valence-electron chi connectivity index (χ4n) is 3.24. The average Bonchev–Trinajstić information content (AvgIpc) is 2.67. The molecule has 0 amide bonds. The van der Waals surface area contributed by atoms with Crippen LogP contribution in [-0.4, -0.2) is 58.4 Å². The average molecular weight is 466 g/mol. The van der Waals surface area contributed by atoms with Gasteiger partial charge in [-0.3, -0.25) is 15.3 Å². The summed E-state index contributed by atoms with van der Waals surface area (Å²) in [5.41, 5.74) is 9.17. The van der Waals surface area contributed by atoms with E-state index in [0.29, 0.717) is 11.2 Å². The van der Waals surface area contributed by atoms with Gasteiger partial charge in [-0.2, -0.15) is 0 Å². The van der Waals surface area contributed by atoms with Crippen LogP contribution in [0.2, 0.25) is 0 Å². The third kappa shape index (κ3) is 6.21. The predicted octanol–water partition coefficient (Wildman–Crippen LogP) is 0.788. The lowest BCUT2D eigenvalue weighted by molar-refractivity contribution is 0.249. The van der Waals surface area contributed by atoms with E-state index in [1.165, 1.54) is 17.3 Å². The maximum Gasteiger partial charge on any atom is 0.488 e. The molecular formula is C18H25BBrN5O2S. The first-order valence-corrected chi connectivity index (χ1v) is 9.83. The van der Waals surface area contributed by atoms with Crippen molar-refractivity contribution in [3.8, 4) is 0 Å². The van der Waals surface area contributed by atoms with Gasteiger partial charge in [0.2, 0.25) is 0 Å². The number of nitrogens with two attached hydrogens (primary N) is 1. The van der Waals surface area contributed by atoms with Crippen molar-refractivity contribution in [1.82, 2.24) is 9.88 Å². The Hall–Kier alpha value is -1.59. The number of nitrogens with zero attached hydrogens (tertiary/aromatic N) is 3. The van der Waals surface area contributed by atoms with Crippen molar-refractivity contribution in [3.63, 3.8) is 0 Å². The predicted molar refractivity (Wildman–Crippen MR) is 122 cm³/mol. The quantitative estimate of drug-likeness (QED) is 0.283. The molecule has 0 saturated carbocycles. The van der Waals surface area contributed by atoms with E-state index in [9.17, 15) is 10.0 Å². The SMILES string of the molecule is Br.N=C(N)SCc1cc(B(O)O)ccc1N1CCN(Cc2cccnc2)CC1. The Morgan fingerprint density at radius 3 is 2.57 bits per heavy atom. The van der Waals surface area contributed by atoms with E-state index in [2.05, 4.69) is 20.9 Å². The maximum absolute atomic E-state index is 9.46. The molecule has 3 rings (SSSR count). The minimum Gasteiger partial charge on any atom is -0.423 e. The number of aromatic nitrogens is 1. The van der Waals surface area contributed by atoms with Crippen LogP contribution in [0.4, 0.5) is 5.69 Å². The lowest BCUT2D eigenvalue weighted by Gasteiger charge is -2.37. The van der Waals surface area contributed by atoms with Crippen molar-refractivity contribution in [2.24, 2.45) is 5.73 Å². The fraction of sp³-hybridized carbons (Fsp3) is 0.333. The molecule has 0 aliphatic carbocycles. The van der Waals surface area contributed by atoms with Crippen LogP contribution in [0.5, 0.6) is 0 Å². The monoisotopic (exact) mass is 465 g/mol. The van der Waals surface area contributed by atoms with Gasteiger partial charge < -0.3 is 20.7 Å². The van der Waals surface area contributed by atoms with Gasteiger partial charge in [-0.05, 0) is 28.7 Å². The summed E-state index contributed by atoms with van der Waals surface area (Å²) in [5, 5.41) is 26.4. The summed E-state index contributed by atoms with van der Waals surface area (Å²) in [6, 6.07) is 9.51. The van der Waals surface area contributed by atoms with Crippen molar-refractivity contribution < 1.29 is 10.0 Å². The van der Waals surface area contributed by atoms with Crippen molar-refractivity contribution >= 4 is 52.2 Å². The lowest BCUT2D eigenvalue weighted by atomic mass is 9.79. The molecule has 1 aliphatic rings. The number of pyridine rings is 1. The van der Waals surface area contributed by atoms with E-state index in [1.807, 2.05) is 18.3 Å². The Kier molecular flexibility index (Phi) is 8.77. The molecule has 0 atom stereocenters. The van der Waals surface area contributed by atoms with Crippen LogP contribution in [0.15, 0.2) is 42.7 Å². The van der Waals surface area contributed by atoms with E-state index in [4.69, 9.17) is 11.1 Å². The molecule has 150 valence electrons. The summed E-state index contributed by atoms with van der Waals surface area (Å²) in [6.07, 6.45) is 3.69. The van der Waals surface area contributed by atoms with Gasteiger partial charge in [0.25, 0.3) is 0 Å². The van der Waals surface area contributed by atoms with Crippen molar-refractivity contribution in [3.05, 3.63) is 53.9 Å². The molecule has 1 saturated heterocycles. The molecule has 2 aromatic rings. The van der Waals surface area contributed by atoms with E-state index in [0.717, 1.165) is 44.0 Å². The second-order valence-electron chi connectivity index (χ2n) is 6.54. The summed E-state index contributed by atoms with van der Waals surface area (Å²) >= 11 is 1.24. The zero-order valence-electron chi connectivity index (χ0n) is 15.5. The van der Waals surface area contributed by atoms with Gasteiger partial charge in [0.05, 0.1) is 0 Å². The molecule has 28 heavy (non-hydrogen) atoms. The zero-order chi connectivity index (χ0) is 19.2. The highest BCUT2D eigenvalue weighted by Crippen LogP contribution is 2.25.